The van der Waals surface area contributed by atoms with Gasteiger partial charge in [-0.1, -0.05) is 30.3 Å². The van der Waals surface area contributed by atoms with E-state index >= 15 is 0 Å². The molecule has 2 aromatic rings. The van der Waals surface area contributed by atoms with Crippen LogP contribution in [0.3, 0.4) is 0 Å². The zero-order chi connectivity index (χ0) is 13.7. The third-order valence-corrected chi connectivity index (χ3v) is 3.13. The highest BCUT2D eigenvalue weighted by Gasteiger charge is 2.12. The zero-order valence-corrected chi connectivity index (χ0v) is 11.5. The fourth-order valence-electron chi connectivity index (χ4n) is 1.94. The first-order valence-electron chi connectivity index (χ1n) is 6.63. The van der Waals surface area contributed by atoms with Crippen LogP contribution in [0.5, 0.6) is 0 Å². The minimum absolute atomic E-state index is 0.0661. The lowest BCUT2D eigenvalue weighted by molar-refractivity contribution is 0.243. The lowest BCUT2D eigenvalue weighted by atomic mass is 10.1. The zero-order valence-electron chi connectivity index (χ0n) is 11.5. The monoisotopic (exact) mass is 259 g/mol. The van der Waals surface area contributed by atoms with Crippen molar-refractivity contribution in [3.8, 4) is 0 Å². The van der Waals surface area contributed by atoms with Crippen molar-refractivity contribution in [2.75, 3.05) is 6.61 Å². The third-order valence-electron chi connectivity index (χ3n) is 3.13. The van der Waals surface area contributed by atoms with Crippen molar-refractivity contribution in [1.29, 1.82) is 0 Å². The van der Waals surface area contributed by atoms with Gasteiger partial charge in [0.15, 0.2) is 0 Å². The summed E-state index contributed by atoms with van der Waals surface area (Å²) in [7, 11) is 0. The van der Waals surface area contributed by atoms with E-state index in [0.717, 1.165) is 12.1 Å². The molecule has 0 bridgehead atoms. The van der Waals surface area contributed by atoms with E-state index in [1.54, 1.807) is 0 Å². The minimum atomic E-state index is -0.0762. The molecular weight excluding hydrogens is 238 g/mol. The van der Waals surface area contributed by atoms with E-state index in [0.29, 0.717) is 6.04 Å². The number of nitrogens with one attached hydrogen (secondary N) is 1. The summed E-state index contributed by atoms with van der Waals surface area (Å²) in [6.45, 7) is 4.97. The lowest BCUT2D eigenvalue weighted by Gasteiger charge is -2.14. The Morgan fingerprint density at radius 3 is 2.58 bits per heavy atom. The van der Waals surface area contributed by atoms with Crippen LogP contribution in [0.2, 0.25) is 0 Å². The highest BCUT2D eigenvalue weighted by atomic mass is 16.3. The number of aromatic nitrogens is 2. The van der Waals surface area contributed by atoms with E-state index in [1.165, 1.54) is 5.56 Å². The molecule has 0 fully saturated rings. The van der Waals surface area contributed by atoms with E-state index in [2.05, 4.69) is 36.4 Å². The second kappa shape index (κ2) is 6.50. The van der Waals surface area contributed by atoms with Crippen molar-refractivity contribution in [1.82, 2.24) is 15.1 Å². The molecule has 2 N–H and O–H groups in total. The van der Waals surface area contributed by atoms with E-state index in [1.807, 2.05) is 35.3 Å². The third kappa shape index (κ3) is 3.66. The number of hydrogen-bond donors (Lipinski definition) is 2. The van der Waals surface area contributed by atoms with Gasteiger partial charge >= 0.3 is 0 Å². The number of aliphatic hydroxyl groups excluding tert-OH is 1. The number of rotatable bonds is 6. The molecule has 1 heterocycles. The standard InChI is InChI=1S/C15H21N3O/c1-12(2)18-10-14(9-17-18)15(11-19)16-8-13-6-4-3-5-7-13/h3-7,9-10,12,15-16,19H,8,11H2,1-2H3. The number of benzene rings is 1. The Labute approximate surface area is 114 Å². The normalized spacial score (nSPS) is 12.8. The van der Waals surface area contributed by atoms with Gasteiger partial charge in [0.2, 0.25) is 0 Å². The second-order valence-corrected chi connectivity index (χ2v) is 4.95. The molecule has 0 radical (unpaired) electrons. The van der Waals surface area contributed by atoms with E-state index in [-0.39, 0.29) is 12.6 Å². The van der Waals surface area contributed by atoms with Crippen molar-refractivity contribution in [3.05, 3.63) is 53.9 Å². The highest BCUT2D eigenvalue weighted by molar-refractivity contribution is 5.16. The summed E-state index contributed by atoms with van der Waals surface area (Å²) >= 11 is 0. The molecule has 0 aliphatic carbocycles. The van der Waals surface area contributed by atoms with Gasteiger partial charge in [0, 0.05) is 24.3 Å². The van der Waals surface area contributed by atoms with E-state index < -0.39 is 0 Å². The maximum absolute atomic E-state index is 9.51. The minimum Gasteiger partial charge on any atom is -0.394 e. The number of hydrogen-bond acceptors (Lipinski definition) is 3. The van der Waals surface area contributed by atoms with Crippen molar-refractivity contribution < 1.29 is 5.11 Å². The lowest BCUT2D eigenvalue weighted by Crippen LogP contribution is -2.23. The first-order chi connectivity index (χ1) is 9.20. The van der Waals surface area contributed by atoms with Gasteiger partial charge < -0.3 is 10.4 Å². The molecule has 1 aromatic carbocycles. The Balaban J connectivity index is 1.99. The molecule has 0 saturated carbocycles. The fourth-order valence-corrected chi connectivity index (χ4v) is 1.94. The van der Waals surface area contributed by atoms with Gasteiger partial charge in [-0.25, -0.2) is 0 Å². The van der Waals surface area contributed by atoms with Crippen LogP contribution in [0, 0.1) is 0 Å². The molecule has 1 aromatic heterocycles. The summed E-state index contributed by atoms with van der Waals surface area (Å²) in [6, 6.07) is 10.4. The van der Waals surface area contributed by atoms with Crippen molar-refractivity contribution in [2.45, 2.75) is 32.5 Å². The molecule has 0 saturated heterocycles. The van der Waals surface area contributed by atoms with Crippen molar-refractivity contribution >= 4 is 0 Å². The Morgan fingerprint density at radius 1 is 1.26 bits per heavy atom. The van der Waals surface area contributed by atoms with Crippen LogP contribution in [0.1, 0.15) is 37.1 Å². The first-order valence-corrected chi connectivity index (χ1v) is 6.63. The van der Waals surface area contributed by atoms with Crippen LogP contribution in [-0.4, -0.2) is 21.5 Å². The highest BCUT2D eigenvalue weighted by Crippen LogP contribution is 2.14. The summed E-state index contributed by atoms with van der Waals surface area (Å²) < 4.78 is 1.90. The van der Waals surface area contributed by atoms with Gasteiger partial charge in [-0.05, 0) is 19.4 Å². The SMILES string of the molecule is CC(C)n1cc(C(CO)NCc2ccccc2)cn1. The second-order valence-electron chi connectivity index (χ2n) is 4.95. The molecule has 2 rings (SSSR count). The summed E-state index contributed by atoms with van der Waals surface area (Å²) in [4.78, 5) is 0. The molecule has 0 aliphatic heterocycles. The molecule has 0 amide bonds. The molecule has 1 atom stereocenters. The predicted molar refractivity (Wildman–Crippen MR) is 75.7 cm³/mol. The van der Waals surface area contributed by atoms with Crippen molar-refractivity contribution in [3.63, 3.8) is 0 Å². The summed E-state index contributed by atoms with van der Waals surface area (Å²) in [5, 5.41) is 17.2. The quantitative estimate of drug-likeness (QED) is 0.837. The molecular formula is C15H21N3O. The van der Waals surface area contributed by atoms with Crippen LogP contribution >= 0.6 is 0 Å². The number of aliphatic hydroxyl groups is 1. The summed E-state index contributed by atoms with van der Waals surface area (Å²) in [6.07, 6.45) is 3.81. The van der Waals surface area contributed by atoms with Gasteiger partial charge in [0.25, 0.3) is 0 Å². The van der Waals surface area contributed by atoms with Gasteiger partial charge in [0.05, 0.1) is 18.8 Å². The van der Waals surface area contributed by atoms with Gasteiger partial charge in [-0.15, -0.1) is 0 Å². The summed E-state index contributed by atoms with van der Waals surface area (Å²) in [5.74, 6) is 0. The van der Waals surface area contributed by atoms with Crippen molar-refractivity contribution in [2.24, 2.45) is 0 Å². The topological polar surface area (TPSA) is 50.1 Å². The molecule has 4 nitrogen and oxygen atoms in total. The first kappa shape index (κ1) is 13.8. The van der Waals surface area contributed by atoms with Gasteiger partial charge in [-0.3, -0.25) is 4.68 Å². The Morgan fingerprint density at radius 2 is 2.00 bits per heavy atom. The van der Waals surface area contributed by atoms with Gasteiger partial charge in [0.1, 0.15) is 0 Å². The van der Waals surface area contributed by atoms with Gasteiger partial charge in [-0.2, -0.15) is 5.10 Å². The van der Waals surface area contributed by atoms with Crippen LogP contribution in [0.4, 0.5) is 0 Å². The molecule has 19 heavy (non-hydrogen) atoms. The van der Waals surface area contributed by atoms with Crippen LogP contribution in [0.25, 0.3) is 0 Å². The van der Waals surface area contributed by atoms with Crippen LogP contribution in [-0.2, 0) is 6.54 Å². The van der Waals surface area contributed by atoms with E-state index in [4.69, 9.17) is 0 Å². The largest absolute Gasteiger partial charge is 0.394 e. The maximum atomic E-state index is 9.51. The average molecular weight is 259 g/mol. The molecule has 1 unspecified atom stereocenters. The Hall–Kier alpha value is -1.65. The summed E-state index contributed by atoms with van der Waals surface area (Å²) in [5.41, 5.74) is 2.23. The smallest absolute Gasteiger partial charge is 0.0627 e. The Kier molecular flexibility index (Phi) is 4.71. The molecule has 102 valence electrons. The molecule has 0 spiro atoms. The van der Waals surface area contributed by atoms with E-state index in [9.17, 15) is 5.11 Å². The maximum Gasteiger partial charge on any atom is 0.0627 e. The van der Waals surface area contributed by atoms with Crippen LogP contribution in [0.15, 0.2) is 42.7 Å². The van der Waals surface area contributed by atoms with Crippen LogP contribution < -0.4 is 5.32 Å². The number of nitrogens with zero attached hydrogens (tertiary/aromatic N) is 2. The average Bonchev–Trinajstić information content (AvgIpc) is 2.90. The predicted octanol–water partition coefficient (Wildman–Crippen LogP) is 2.29. The fraction of sp³-hybridized carbons (Fsp3) is 0.400. The molecule has 0 aliphatic rings. The molecule has 4 heteroatoms. The Bertz CT molecular complexity index is 493.